The Morgan fingerprint density at radius 2 is 2.06 bits per heavy atom. The van der Waals surface area contributed by atoms with Gasteiger partial charge in [-0.1, -0.05) is 0 Å². The molecule has 6 nitrogen and oxygen atoms in total. The van der Waals surface area contributed by atoms with Gasteiger partial charge in [0.1, 0.15) is 0 Å². The van der Waals surface area contributed by atoms with Crippen LogP contribution in [0, 0.1) is 0 Å². The highest BCUT2D eigenvalue weighted by atomic mass is 16.5. The summed E-state index contributed by atoms with van der Waals surface area (Å²) in [5.41, 5.74) is 0. The molecule has 0 saturated heterocycles. The van der Waals surface area contributed by atoms with Crippen molar-refractivity contribution in [2.75, 3.05) is 26.9 Å². The zero-order valence-electron chi connectivity index (χ0n) is 9.69. The van der Waals surface area contributed by atoms with Gasteiger partial charge < -0.3 is 19.9 Å². The summed E-state index contributed by atoms with van der Waals surface area (Å²) in [5.74, 6) is -0.682. The van der Waals surface area contributed by atoms with E-state index in [4.69, 9.17) is 4.74 Å². The number of carbonyl (C=O) groups is 2. The minimum Gasteiger partial charge on any atom is -0.466 e. The predicted molar refractivity (Wildman–Crippen MR) is 56.8 cm³/mol. The molecule has 6 heteroatoms. The van der Waals surface area contributed by atoms with Crippen LogP contribution in [0.5, 0.6) is 0 Å². The first-order valence-corrected chi connectivity index (χ1v) is 5.19. The van der Waals surface area contributed by atoms with E-state index in [9.17, 15) is 14.7 Å². The van der Waals surface area contributed by atoms with Gasteiger partial charge in [-0.25, -0.2) is 0 Å². The largest absolute Gasteiger partial charge is 0.466 e. The van der Waals surface area contributed by atoms with E-state index in [0.29, 0.717) is 6.61 Å². The number of carbonyl (C=O) groups excluding carboxylic acids is 2. The number of rotatable bonds is 8. The Bertz CT molecular complexity index is 219. The van der Waals surface area contributed by atoms with Crippen LogP contribution in [0.3, 0.4) is 0 Å². The second-order valence-electron chi connectivity index (χ2n) is 3.22. The number of methoxy groups -OCH3 is 1. The summed E-state index contributed by atoms with van der Waals surface area (Å²) in [5, 5.41) is 11.7. The Hall–Kier alpha value is -1.14. The molecule has 0 fully saturated rings. The van der Waals surface area contributed by atoms with E-state index in [2.05, 4.69) is 10.1 Å². The highest BCUT2D eigenvalue weighted by molar-refractivity contribution is 5.81. The molecule has 1 atom stereocenters. The fourth-order valence-corrected chi connectivity index (χ4v) is 1.02. The molecule has 0 saturated carbocycles. The predicted octanol–water partition coefficient (Wildman–Crippen LogP) is -0.547. The molecule has 1 amide bonds. The molecule has 0 aliphatic carbocycles. The first-order valence-electron chi connectivity index (χ1n) is 5.19. The molecule has 0 aromatic heterocycles. The molecule has 0 bridgehead atoms. The summed E-state index contributed by atoms with van der Waals surface area (Å²) in [6.07, 6.45) is -0.602. The van der Waals surface area contributed by atoms with Crippen molar-refractivity contribution in [2.24, 2.45) is 0 Å². The molecule has 0 aromatic carbocycles. The number of hydrogen-bond donors (Lipinski definition) is 2. The number of aliphatic hydroxyl groups excluding tert-OH is 1. The van der Waals surface area contributed by atoms with Gasteiger partial charge in [-0.3, -0.25) is 9.59 Å². The number of aliphatic hydroxyl groups is 1. The number of hydrogen-bond acceptors (Lipinski definition) is 5. The van der Waals surface area contributed by atoms with Gasteiger partial charge in [0.05, 0.1) is 25.7 Å². The zero-order valence-corrected chi connectivity index (χ0v) is 9.69. The minimum atomic E-state index is -0.725. The fraction of sp³-hybridized carbons (Fsp3) is 0.800. The van der Waals surface area contributed by atoms with Crippen molar-refractivity contribution in [3.8, 4) is 0 Å². The van der Waals surface area contributed by atoms with Crippen LogP contribution in [-0.4, -0.2) is 50.0 Å². The second kappa shape index (κ2) is 9.11. The van der Waals surface area contributed by atoms with Crippen LogP contribution in [-0.2, 0) is 19.1 Å². The van der Waals surface area contributed by atoms with E-state index in [1.165, 1.54) is 7.11 Å². The Morgan fingerprint density at radius 3 is 2.62 bits per heavy atom. The smallest absolute Gasteiger partial charge is 0.306 e. The lowest BCUT2D eigenvalue weighted by molar-refractivity contribution is -0.144. The third-order valence-corrected chi connectivity index (χ3v) is 1.76. The van der Waals surface area contributed by atoms with Gasteiger partial charge in [-0.2, -0.15) is 0 Å². The van der Waals surface area contributed by atoms with E-state index in [1.54, 1.807) is 6.92 Å². The lowest BCUT2D eigenvalue weighted by atomic mass is 10.3. The van der Waals surface area contributed by atoms with Crippen molar-refractivity contribution in [1.82, 2.24) is 5.32 Å². The molecular weight excluding hydrogens is 214 g/mol. The molecule has 0 aliphatic rings. The quantitative estimate of drug-likeness (QED) is 0.550. The molecule has 0 aromatic rings. The number of amides is 1. The van der Waals surface area contributed by atoms with Gasteiger partial charge in [0, 0.05) is 20.1 Å². The van der Waals surface area contributed by atoms with Gasteiger partial charge in [0.15, 0.2) is 0 Å². The first kappa shape index (κ1) is 14.9. The van der Waals surface area contributed by atoms with Crippen molar-refractivity contribution < 1.29 is 24.2 Å². The minimum absolute atomic E-state index is 0.0556. The maximum Gasteiger partial charge on any atom is 0.306 e. The van der Waals surface area contributed by atoms with Crippen LogP contribution in [0.25, 0.3) is 0 Å². The highest BCUT2D eigenvalue weighted by Gasteiger charge is 2.09. The van der Waals surface area contributed by atoms with Crippen LogP contribution in [0.4, 0.5) is 0 Å². The first-order chi connectivity index (χ1) is 7.60. The van der Waals surface area contributed by atoms with Gasteiger partial charge >= 0.3 is 5.97 Å². The lowest BCUT2D eigenvalue weighted by Gasteiger charge is -2.10. The van der Waals surface area contributed by atoms with Crippen molar-refractivity contribution in [2.45, 2.75) is 25.9 Å². The summed E-state index contributed by atoms with van der Waals surface area (Å²) < 4.78 is 9.36. The molecule has 0 spiro atoms. The molecule has 1 unspecified atom stereocenters. The second-order valence-corrected chi connectivity index (χ2v) is 3.22. The molecular formula is C10H19NO5. The maximum absolute atomic E-state index is 11.2. The molecule has 0 rings (SSSR count). The Balaban J connectivity index is 3.55. The fourth-order valence-electron chi connectivity index (χ4n) is 1.02. The van der Waals surface area contributed by atoms with Crippen molar-refractivity contribution in [3.05, 3.63) is 0 Å². The zero-order chi connectivity index (χ0) is 12.4. The SMILES string of the molecule is CCOC(=O)CCC(=O)NCC(O)COC. The summed E-state index contributed by atoms with van der Waals surface area (Å²) in [7, 11) is 1.46. The Kier molecular flexibility index (Phi) is 8.46. The normalized spacial score (nSPS) is 11.9. The van der Waals surface area contributed by atoms with Crippen LogP contribution in [0.15, 0.2) is 0 Å². The van der Waals surface area contributed by atoms with Crippen LogP contribution in [0.1, 0.15) is 19.8 Å². The van der Waals surface area contributed by atoms with Gasteiger partial charge in [0.25, 0.3) is 0 Å². The average molecular weight is 233 g/mol. The van der Waals surface area contributed by atoms with E-state index >= 15 is 0 Å². The van der Waals surface area contributed by atoms with Crippen molar-refractivity contribution >= 4 is 11.9 Å². The monoisotopic (exact) mass is 233 g/mol. The van der Waals surface area contributed by atoms with Gasteiger partial charge in [0.2, 0.25) is 5.91 Å². The number of ether oxygens (including phenoxy) is 2. The molecule has 16 heavy (non-hydrogen) atoms. The van der Waals surface area contributed by atoms with Gasteiger partial charge in [-0.15, -0.1) is 0 Å². The standard InChI is InChI=1S/C10H19NO5/c1-3-16-10(14)5-4-9(13)11-6-8(12)7-15-2/h8,12H,3-7H2,1-2H3,(H,11,13). The molecule has 0 radical (unpaired) electrons. The van der Waals surface area contributed by atoms with Crippen molar-refractivity contribution in [3.63, 3.8) is 0 Å². The maximum atomic E-state index is 11.2. The third-order valence-electron chi connectivity index (χ3n) is 1.76. The topological polar surface area (TPSA) is 84.9 Å². The molecule has 0 heterocycles. The summed E-state index contributed by atoms with van der Waals surface area (Å²) in [4.78, 5) is 22.1. The van der Waals surface area contributed by atoms with Crippen LogP contribution in [0.2, 0.25) is 0 Å². The van der Waals surface area contributed by atoms with Crippen LogP contribution < -0.4 is 5.32 Å². The Morgan fingerprint density at radius 1 is 1.38 bits per heavy atom. The van der Waals surface area contributed by atoms with Gasteiger partial charge in [-0.05, 0) is 6.92 Å². The van der Waals surface area contributed by atoms with E-state index < -0.39 is 12.1 Å². The average Bonchev–Trinajstić information content (AvgIpc) is 2.24. The lowest BCUT2D eigenvalue weighted by Crippen LogP contribution is -2.34. The van der Waals surface area contributed by atoms with E-state index in [1.807, 2.05) is 0 Å². The summed E-state index contributed by atoms with van der Waals surface area (Å²) in [6.45, 7) is 2.31. The summed E-state index contributed by atoms with van der Waals surface area (Å²) >= 11 is 0. The summed E-state index contributed by atoms with van der Waals surface area (Å²) in [6, 6.07) is 0. The third kappa shape index (κ3) is 8.19. The van der Waals surface area contributed by atoms with E-state index in [0.717, 1.165) is 0 Å². The van der Waals surface area contributed by atoms with Crippen molar-refractivity contribution in [1.29, 1.82) is 0 Å². The molecule has 0 aliphatic heterocycles. The number of nitrogens with one attached hydrogen (secondary N) is 1. The Labute approximate surface area is 94.9 Å². The number of esters is 1. The molecule has 2 N–H and O–H groups in total. The molecule has 94 valence electrons. The highest BCUT2D eigenvalue weighted by Crippen LogP contribution is 1.93. The van der Waals surface area contributed by atoms with Crippen LogP contribution >= 0.6 is 0 Å². The van der Waals surface area contributed by atoms with E-state index in [-0.39, 0.29) is 31.9 Å².